The van der Waals surface area contributed by atoms with Crippen LogP contribution in [-0.2, 0) is 0 Å². The van der Waals surface area contributed by atoms with Crippen LogP contribution in [0.15, 0.2) is 0 Å². The topological polar surface area (TPSA) is 37.6 Å². The maximum Gasteiger partial charge on any atom is 0.0460 e. The second-order valence-corrected chi connectivity index (χ2v) is 3.51. The molecular formula is C9H19N2O-. The molecule has 1 aliphatic heterocycles. The molecule has 0 aromatic rings. The van der Waals surface area contributed by atoms with Gasteiger partial charge >= 0.3 is 0 Å². The molecule has 0 spiro atoms. The van der Waals surface area contributed by atoms with Gasteiger partial charge in [0.1, 0.15) is 0 Å². The fourth-order valence-electron chi connectivity index (χ4n) is 1.63. The van der Waals surface area contributed by atoms with Crippen molar-refractivity contribution < 1.29 is 5.11 Å². The lowest BCUT2D eigenvalue weighted by atomic mass is 9.98. The number of piperidine rings is 1. The van der Waals surface area contributed by atoms with Crippen molar-refractivity contribution in [3.8, 4) is 0 Å². The van der Waals surface area contributed by atoms with E-state index in [0.717, 1.165) is 39.0 Å². The van der Waals surface area contributed by atoms with E-state index < -0.39 is 0 Å². The van der Waals surface area contributed by atoms with E-state index in [4.69, 9.17) is 5.11 Å². The molecule has 1 rings (SSSR count). The molecule has 0 aromatic carbocycles. The molecule has 0 bridgehead atoms. The molecule has 3 nitrogen and oxygen atoms in total. The Morgan fingerprint density at radius 2 is 2.08 bits per heavy atom. The van der Waals surface area contributed by atoms with Crippen LogP contribution in [0.3, 0.4) is 0 Å². The summed E-state index contributed by atoms with van der Waals surface area (Å²) in [5.41, 5.74) is 0. The van der Waals surface area contributed by atoms with Crippen LogP contribution in [0.5, 0.6) is 0 Å². The Morgan fingerprint density at radius 3 is 2.58 bits per heavy atom. The molecular weight excluding hydrogens is 152 g/mol. The van der Waals surface area contributed by atoms with Gasteiger partial charge in [0, 0.05) is 6.61 Å². The van der Waals surface area contributed by atoms with Crippen molar-refractivity contribution >= 4 is 0 Å². The molecule has 1 heterocycles. The highest BCUT2D eigenvalue weighted by molar-refractivity contribution is 4.77. The lowest BCUT2D eigenvalue weighted by molar-refractivity contribution is 0.135. The predicted molar refractivity (Wildman–Crippen MR) is 50.4 cm³/mol. The van der Waals surface area contributed by atoms with Crippen molar-refractivity contribution in [1.82, 2.24) is 4.90 Å². The van der Waals surface area contributed by atoms with Crippen molar-refractivity contribution in [2.75, 3.05) is 39.8 Å². The summed E-state index contributed by atoms with van der Waals surface area (Å²) in [6, 6.07) is 0. The summed E-state index contributed by atoms with van der Waals surface area (Å²) >= 11 is 0. The lowest BCUT2D eigenvalue weighted by Gasteiger charge is -2.32. The van der Waals surface area contributed by atoms with Crippen molar-refractivity contribution in [3.05, 3.63) is 5.32 Å². The summed E-state index contributed by atoms with van der Waals surface area (Å²) < 4.78 is 0. The standard InChI is InChI=1S/C9H19N2O/c1-10-4-7-11-5-2-9(8-12)3-6-11/h9,12H,2-8H2,1H3/q-1. The predicted octanol–water partition coefficient (Wildman–Crippen LogP) is 0.694. The summed E-state index contributed by atoms with van der Waals surface area (Å²) in [5, 5.41) is 13.0. The maximum absolute atomic E-state index is 8.92. The molecule has 1 saturated heterocycles. The van der Waals surface area contributed by atoms with Gasteiger partial charge in [0.25, 0.3) is 0 Å². The number of hydrogen-bond donors (Lipinski definition) is 1. The lowest BCUT2D eigenvalue weighted by Crippen LogP contribution is -2.36. The van der Waals surface area contributed by atoms with E-state index in [9.17, 15) is 0 Å². The Hall–Kier alpha value is -0.120. The van der Waals surface area contributed by atoms with Crippen LogP contribution in [-0.4, -0.2) is 49.8 Å². The molecule has 0 aromatic heterocycles. The third-order valence-electron chi connectivity index (χ3n) is 2.61. The minimum absolute atomic E-state index is 0.367. The Morgan fingerprint density at radius 1 is 1.42 bits per heavy atom. The van der Waals surface area contributed by atoms with Gasteiger partial charge in [-0.2, -0.15) is 7.05 Å². The van der Waals surface area contributed by atoms with E-state index in [1.54, 1.807) is 0 Å². The largest absolute Gasteiger partial charge is 0.664 e. The van der Waals surface area contributed by atoms with Gasteiger partial charge in [0.15, 0.2) is 0 Å². The number of rotatable bonds is 4. The van der Waals surface area contributed by atoms with Gasteiger partial charge in [-0.15, -0.1) is 6.54 Å². The minimum atomic E-state index is 0.367. The number of likely N-dealkylation sites (N-methyl/N-ethyl adjacent to an activating group) is 1. The smallest absolute Gasteiger partial charge is 0.0460 e. The number of aliphatic hydroxyl groups is 1. The van der Waals surface area contributed by atoms with Gasteiger partial charge in [-0.05, 0) is 38.4 Å². The molecule has 1 aliphatic rings. The quantitative estimate of drug-likeness (QED) is 0.676. The van der Waals surface area contributed by atoms with Crippen LogP contribution in [0.25, 0.3) is 5.32 Å². The van der Waals surface area contributed by atoms with Gasteiger partial charge in [-0.25, -0.2) is 0 Å². The first-order valence-corrected chi connectivity index (χ1v) is 4.75. The zero-order valence-corrected chi connectivity index (χ0v) is 7.87. The third kappa shape index (κ3) is 3.09. The second kappa shape index (κ2) is 5.51. The van der Waals surface area contributed by atoms with Crippen molar-refractivity contribution in [2.24, 2.45) is 5.92 Å². The van der Waals surface area contributed by atoms with Crippen LogP contribution < -0.4 is 0 Å². The third-order valence-corrected chi connectivity index (χ3v) is 2.61. The zero-order chi connectivity index (χ0) is 8.81. The minimum Gasteiger partial charge on any atom is -0.664 e. The Kier molecular flexibility index (Phi) is 4.58. The van der Waals surface area contributed by atoms with Crippen molar-refractivity contribution in [1.29, 1.82) is 0 Å². The first-order valence-electron chi connectivity index (χ1n) is 4.75. The molecule has 1 fully saturated rings. The van der Waals surface area contributed by atoms with Crippen molar-refractivity contribution in [3.63, 3.8) is 0 Å². The van der Waals surface area contributed by atoms with E-state index >= 15 is 0 Å². The van der Waals surface area contributed by atoms with Crippen LogP contribution in [0.2, 0.25) is 0 Å². The number of hydrogen-bond acceptors (Lipinski definition) is 2. The SMILES string of the molecule is C[N-]CCN1CCC(CO)CC1. The zero-order valence-electron chi connectivity index (χ0n) is 7.87. The summed E-state index contributed by atoms with van der Waals surface area (Å²) in [6.45, 7) is 4.69. The van der Waals surface area contributed by atoms with E-state index in [1.165, 1.54) is 0 Å². The fourth-order valence-corrected chi connectivity index (χ4v) is 1.63. The van der Waals surface area contributed by atoms with Crippen LogP contribution >= 0.6 is 0 Å². The van der Waals surface area contributed by atoms with Crippen LogP contribution in [0.4, 0.5) is 0 Å². The fraction of sp³-hybridized carbons (Fsp3) is 1.00. The van der Waals surface area contributed by atoms with Gasteiger partial charge in [0.2, 0.25) is 0 Å². The molecule has 0 aliphatic carbocycles. The monoisotopic (exact) mass is 171 g/mol. The Balaban J connectivity index is 2.09. The van der Waals surface area contributed by atoms with Gasteiger partial charge in [-0.3, -0.25) is 0 Å². The molecule has 0 radical (unpaired) electrons. The highest BCUT2D eigenvalue weighted by atomic mass is 16.3. The first-order chi connectivity index (χ1) is 5.86. The average Bonchev–Trinajstić information content (AvgIpc) is 2.15. The molecule has 0 saturated carbocycles. The molecule has 0 amide bonds. The van der Waals surface area contributed by atoms with E-state index in [2.05, 4.69) is 10.2 Å². The normalized spacial score (nSPS) is 21.5. The summed E-state index contributed by atoms with van der Waals surface area (Å²) in [7, 11) is 1.86. The van der Waals surface area contributed by atoms with Gasteiger partial charge in [-0.1, -0.05) is 0 Å². The van der Waals surface area contributed by atoms with Gasteiger partial charge < -0.3 is 15.3 Å². The van der Waals surface area contributed by atoms with Gasteiger partial charge in [0.05, 0.1) is 0 Å². The van der Waals surface area contributed by atoms with E-state index in [0.29, 0.717) is 12.5 Å². The molecule has 72 valence electrons. The van der Waals surface area contributed by atoms with E-state index in [1.807, 2.05) is 7.05 Å². The number of aliphatic hydroxyl groups excluding tert-OH is 1. The summed E-state index contributed by atoms with van der Waals surface area (Å²) in [6.07, 6.45) is 2.31. The highest BCUT2D eigenvalue weighted by Gasteiger charge is 2.16. The van der Waals surface area contributed by atoms with Crippen molar-refractivity contribution in [2.45, 2.75) is 12.8 Å². The Labute approximate surface area is 74.8 Å². The summed E-state index contributed by atoms with van der Waals surface area (Å²) in [4.78, 5) is 2.43. The molecule has 1 N–H and O–H groups in total. The van der Waals surface area contributed by atoms with E-state index in [-0.39, 0.29) is 0 Å². The highest BCUT2D eigenvalue weighted by Crippen LogP contribution is 2.15. The number of likely N-dealkylation sites (tertiary alicyclic amines) is 1. The molecule has 3 heteroatoms. The molecule has 0 atom stereocenters. The molecule has 12 heavy (non-hydrogen) atoms. The average molecular weight is 171 g/mol. The summed E-state index contributed by atoms with van der Waals surface area (Å²) in [5.74, 6) is 0.555. The first kappa shape index (κ1) is 9.96. The van der Waals surface area contributed by atoms with Crippen LogP contribution in [0.1, 0.15) is 12.8 Å². The number of nitrogens with zero attached hydrogens (tertiary/aromatic N) is 2. The Bertz CT molecular complexity index is 111. The second-order valence-electron chi connectivity index (χ2n) is 3.51. The van der Waals surface area contributed by atoms with Crippen LogP contribution in [0, 0.1) is 5.92 Å². The maximum atomic E-state index is 8.92. The molecule has 0 unspecified atom stereocenters.